The number of carbonyl (C=O) groups excluding carboxylic acids is 3. The van der Waals surface area contributed by atoms with E-state index >= 15 is 0 Å². The second-order valence-electron chi connectivity index (χ2n) is 8.31. The van der Waals surface area contributed by atoms with Gasteiger partial charge in [-0.3, -0.25) is 4.79 Å². The maximum Gasteiger partial charge on any atom is 0.341 e. The number of benzene rings is 1. The van der Waals surface area contributed by atoms with Gasteiger partial charge in [0.05, 0.1) is 33.8 Å². The normalized spacial score (nSPS) is 12.7. The molecular formula is C27H24N2O5S2. The molecule has 0 saturated heterocycles. The summed E-state index contributed by atoms with van der Waals surface area (Å²) in [7, 11) is 0. The van der Waals surface area contributed by atoms with Crippen LogP contribution >= 0.6 is 22.7 Å². The molecule has 0 saturated carbocycles. The Hall–Kier alpha value is -3.56. The van der Waals surface area contributed by atoms with E-state index in [0.29, 0.717) is 32.7 Å². The van der Waals surface area contributed by atoms with Gasteiger partial charge in [-0.2, -0.15) is 0 Å². The Kier molecular flexibility index (Phi) is 7.11. The molecule has 36 heavy (non-hydrogen) atoms. The lowest BCUT2D eigenvalue weighted by molar-refractivity contribution is -0.119. The van der Waals surface area contributed by atoms with E-state index in [-0.39, 0.29) is 6.61 Å². The van der Waals surface area contributed by atoms with Crippen LogP contribution in [0.3, 0.4) is 0 Å². The third-order valence-corrected chi connectivity index (χ3v) is 8.05. The quantitative estimate of drug-likeness (QED) is 0.306. The average Bonchev–Trinajstić information content (AvgIpc) is 3.55. The molecule has 1 aliphatic rings. The highest BCUT2D eigenvalue weighted by Crippen LogP contribution is 2.38. The second-order valence-corrected chi connectivity index (χ2v) is 10.4. The van der Waals surface area contributed by atoms with Crippen molar-refractivity contribution in [3.05, 3.63) is 69.4 Å². The molecule has 0 spiro atoms. The van der Waals surface area contributed by atoms with Crippen molar-refractivity contribution in [2.75, 3.05) is 18.5 Å². The highest BCUT2D eigenvalue weighted by molar-refractivity contribution is 7.17. The molecule has 0 radical (unpaired) electrons. The van der Waals surface area contributed by atoms with Gasteiger partial charge < -0.3 is 14.8 Å². The van der Waals surface area contributed by atoms with Crippen molar-refractivity contribution >= 4 is 56.4 Å². The van der Waals surface area contributed by atoms with Crippen LogP contribution in [-0.4, -0.2) is 36.0 Å². The van der Waals surface area contributed by atoms with Crippen LogP contribution in [-0.2, 0) is 27.1 Å². The minimum atomic E-state index is -0.613. The zero-order valence-corrected chi connectivity index (χ0v) is 21.3. The Morgan fingerprint density at radius 1 is 1.03 bits per heavy atom. The number of thiophene rings is 2. The largest absolute Gasteiger partial charge is 0.462 e. The van der Waals surface area contributed by atoms with E-state index in [4.69, 9.17) is 9.47 Å². The predicted molar refractivity (Wildman–Crippen MR) is 141 cm³/mol. The summed E-state index contributed by atoms with van der Waals surface area (Å²) in [4.78, 5) is 45.1. The smallest absolute Gasteiger partial charge is 0.341 e. The first-order valence-corrected chi connectivity index (χ1v) is 13.5. The number of nitrogens with one attached hydrogen (secondary N) is 1. The minimum Gasteiger partial charge on any atom is -0.462 e. The van der Waals surface area contributed by atoms with E-state index in [1.54, 1.807) is 19.1 Å². The number of hydrogen-bond acceptors (Lipinski definition) is 8. The van der Waals surface area contributed by atoms with Gasteiger partial charge in [0.1, 0.15) is 5.00 Å². The summed E-state index contributed by atoms with van der Waals surface area (Å²) in [6.45, 7) is 1.53. The van der Waals surface area contributed by atoms with E-state index in [9.17, 15) is 14.4 Å². The van der Waals surface area contributed by atoms with Gasteiger partial charge in [0.15, 0.2) is 6.61 Å². The third-order valence-electron chi connectivity index (χ3n) is 5.95. The van der Waals surface area contributed by atoms with Gasteiger partial charge >= 0.3 is 11.9 Å². The molecule has 1 aliphatic carbocycles. The van der Waals surface area contributed by atoms with Gasteiger partial charge in [-0.15, -0.1) is 22.7 Å². The number of esters is 2. The van der Waals surface area contributed by atoms with Gasteiger partial charge in [-0.25, -0.2) is 14.6 Å². The number of nitrogens with zero attached hydrogens (tertiary/aromatic N) is 1. The molecule has 4 aromatic rings. The zero-order valence-electron chi connectivity index (χ0n) is 19.7. The summed E-state index contributed by atoms with van der Waals surface area (Å²) < 4.78 is 10.6. The molecule has 0 unspecified atom stereocenters. The fourth-order valence-electron chi connectivity index (χ4n) is 4.34. The van der Waals surface area contributed by atoms with Crippen LogP contribution in [0.25, 0.3) is 21.5 Å². The van der Waals surface area contributed by atoms with Crippen LogP contribution in [0, 0.1) is 0 Å². The Labute approximate surface area is 216 Å². The van der Waals surface area contributed by atoms with Gasteiger partial charge in [0.2, 0.25) is 0 Å². The van der Waals surface area contributed by atoms with Crippen molar-refractivity contribution in [2.24, 2.45) is 0 Å². The molecule has 0 fully saturated rings. The fourth-order valence-corrected chi connectivity index (χ4v) is 6.32. The van der Waals surface area contributed by atoms with Crippen molar-refractivity contribution in [2.45, 2.75) is 32.6 Å². The first kappa shape index (κ1) is 24.1. The topological polar surface area (TPSA) is 94.6 Å². The Bertz CT molecular complexity index is 1440. The monoisotopic (exact) mass is 520 g/mol. The first-order valence-electron chi connectivity index (χ1n) is 11.8. The van der Waals surface area contributed by atoms with Gasteiger partial charge in [-0.05, 0) is 61.7 Å². The molecule has 7 nitrogen and oxygen atoms in total. The molecule has 5 rings (SSSR count). The van der Waals surface area contributed by atoms with Crippen LogP contribution in [0.1, 0.15) is 50.9 Å². The van der Waals surface area contributed by atoms with E-state index in [2.05, 4.69) is 10.3 Å². The fraction of sp³-hybridized carbons (Fsp3) is 0.259. The molecule has 1 amide bonds. The zero-order chi connectivity index (χ0) is 25.1. The van der Waals surface area contributed by atoms with Crippen LogP contribution in [0.15, 0.2) is 47.8 Å². The van der Waals surface area contributed by atoms with Crippen LogP contribution in [0.2, 0.25) is 0 Å². The molecule has 0 atom stereocenters. The molecule has 3 heterocycles. The lowest BCUT2D eigenvalue weighted by Gasteiger charge is -2.12. The van der Waals surface area contributed by atoms with Crippen molar-refractivity contribution in [3.63, 3.8) is 0 Å². The van der Waals surface area contributed by atoms with Crippen LogP contribution < -0.4 is 5.32 Å². The molecular weight excluding hydrogens is 496 g/mol. The number of pyridine rings is 1. The maximum atomic E-state index is 13.1. The molecule has 0 aliphatic heterocycles. The molecule has 1 N–H and O–H groups in total. The number of carbonyl (C=O) groups is 3. The summed E-state index contributed by atoms with van der Waals surface area (Å²) in [5, 5.41) is 5.83. The highest BCUT2D eigenvalue weighted by Gasteiger charge is 2.27. The SMILES string of the molecule is CCOC(=O)c1c(NC(=O)COC(=O)c2cc(-c3cccs3)nc3ccccc23)sc2c1CCCC2. The van der Waals surface area contributed by atoms with E-state index in [1.165, 1.54) is 22.7 Å². The summed E-state index contributed by atoms with van der Waals surface area (Å²) in [5.41, 5.74) is 3.07. The Balaban J connectivity index is 1.34. The third kappa shape index (κ3) is 4.89. The number of anilines is 1. The average molecular weight is 521 g/mol. The van der Waals surface area contributed by atoms with Crippen molar-refractivity contribution in [1.82, 2.24) is 4.98 Å². The molecule has 9 heteroatoms. The molecule has 184 valence electrons. The van der Waals surface area contributed by atoms with E-state index in [0.717, 1.165) is 41.0 Å². The van der Waals surface area contributed by atoms with Gasteiger partial charge in [0, 0.05) is 10.3 Å². The number of fused-ring (bicyclic) bond motifs is 2. The lowest BCUT2D eigenvalue weighted by Crippen LogP contribution is -2.22. The maximum absolute atomic E-state index is 13.1. The van der Waals surface area contributed by atoms with Gasteiger partial charge in [-0.1, -0.05) is 24.3 Å². The number of aromatic nitrogens is 1. The van der Waals surface area contributed by atoms with E-state index in [1.807, 2.05) is 35.7 Å². The highest BCUT2D eigenvalue weighted by atomic mass is 32.1. The number of aryl methyl sites for hydroxylation is 1. The predicted octanol–water partition coefficient (Wildman–Crippen LogP) is 5.88. The molecule has 3 aromatic heterocycles. The first-order chi connectivity index (χ1) is 17.5. The summed E-state index contributed by atoms with van der Waals surface area (Å²) in [5.74, 6) is -1.56. The van der Waals surface area contributed by atoms with Gasteiger partial charge in [0.25, 0.3) is 5.91 Å². The number of ether oxygens (including phenoxy) is 2. The van der Waals surface area contributed by atoms with Crippen molar-refractivity contribution in [1.29, 1.82) is 0 Å². The van der Waals surface area contributed by atoms with Crippen molar-refractivity contribution < 1.29 is 23.9 Å². The molecule has 1 aromatic carbocycles. The van der Waals surface area contributed by atoms with E-state index < -0.39 is 24.5 Å². The molecule has 0 bridgehead atoms. The summed E-state index contributed by atoms with van der Waals surface area (Å²) in [6, 6.07) is 12.9. The minimum absolute atomic E-state index is 0.252. The number of hydrogen-bond donors (Lipinski definition) is 1. The Morgan fingerprint density at radius 3 is 2.67 bits per heavy atom. The number of amides is 1. The Morgan fingerprint density at radius 2 is 1.86 bits per heavy atom. The van der Waals surface area contributed by atoms with Crippen LogP contribution in [0.4, 0.5) is 5.00 Å². The standard InChI is InChI=1S/C27H24N2O5S2/c1-2-33-27(32)24-17-9-4-6-11-21(17)36-25(24)29-23(30)15-34-26(31)18-14-20(22-12-7-13-35-22)28-19-10-5-3-8-16(18)19/h3,5,7-8,10,12-14H,2,4,6,9,11,15H2,1H3,(H,29,30). The second kappa shape index (κ2) is 10.6. The number of para-hydroxylation sites is 1. The van der Waals surface area contributed by atoms with Crippen LogP contribution in [0.5, 0.6) is 0 Å². The lowest BCUT2D eigenvalue weighted by atomic mass is 9.95. The summed E-state index contributed by atoms with van der Waals surface area (Å²) >= 11 is 2.92. The van der Waals surface area contributed by atoms with Crippen molar-refractivity contribution in [3.8, 4) is 10.6 Å². The summed E-state index contributed by atoms with van der Waals surface area (Å²) in [6.07, 6.45) is 3.70. The number of rotatable bonds is 7.